The van der Waals surface area contributed by atoms with E-state index in [0.717, 1.165) is 104 Å². The van der Waals surface area contributed by atoms with Crippen molar-refractivity contribution in [3.8, 4) is 17.2 Å². The number of hydrogen-bond donors (Lipinski definition) is 0. The Morgan fingerprint density at radius 3 is 1.37 bits per heavy atom. The molecule has 0 bridgehead atoms. The van der Waals surface area contributed by atoms with Crippen LogP contribution >= 0.6 is 0 Å². The van der Waals surface area contributed by atoms with Gasteiger partial charge >= 0.3 is 0 Å². The van der Waals surface area contributed by atoms with Gasteiger partial charge in [0.2, 0.25) is 0 Å². The quantitative estimate of drug-likeness (QED) is 0.0761. The fraction of sp³-hybridized carbons (Fsp3) is 0.250. The highest BCUT2D eigenvalue weighted by Gasteiger charge is 2.28. The number of rotatable bonds is 15. The van der Waals surface area contributed by atoms with Crippen molar-refractivity contribution in [2.75, 3.05) is 21.3 Å². The van der Waals surface area contributed by atoms with Gasteiger partial charge in [0.25, 0.3) is 11.1 Å². The lowest BCUT2D eigenvalue weighted by atomic mass is 9.79. The summed E-state index contributed by atoms with van der Waals surface area (Å²) in [7, 11) is 5.09. The van der Waals surface area contributed by atoms with Gasteiger partial charge in [-0.25, -0.2) is 0 Å². The monoisotopic (exact) mass is 817 g/mol. The van der Waals surface area contributed by atoms with Crippen molar-refractivity contribution in [3.05, 3.63) is 169 Å². The van der Waals surface area contributed by atoms with Crippen molar-refractivity contribution in [1.29, 1.82) is 0 Å². The molecule has 310 valence electrons. The van der Waals surface area contributed by atoms with Gasteiger partial charge in [0, 0.05) is 6.54 Å². The molecule has 0 saturated carbocycles. The number of benzene rings is 9. The maximum Gasteiger partial charge on any atom is 0.262 e. The van der Waals surface area contributed by atoms with E-state index in [-0.39, 0.29) is 17.0 Å². The van der Waals surface area contributed by atoms with Crippen LogP contribution in [0.3, 0.4) is 0 Å². The Bertz CT molecular complexity index is 3350. The Morgan fingerprint density at radius 1 is 0.452 bits per heavy atom. The van der Waals surface area contributed by atoms with Crippen LogP contribution in [-0.2, 0) is 25.8 Å². The van der Waals surface area contributed by atoms with Crippen molar-refractivity contribution >= 4 is 64.6 Å². The summed E-state index contributed by atoms with van der Waals surface area (Å²) >= 11 is 0. The smallest absolute Gasteiger partial charge is 0.262 e. The van der Waals surface area contributed by atoms with E-state index >= 15 is 0 Å². The molecule has 1 unspecified atom stereocenters. The van der Waals surface area contributed by atoms with Crippen LogP contribution in [0.25, 0.3) is 64.6 Å². The van der Waals surface area contributed by atoms with Gasteiger partial charge in [0.15, 0.2) is 0 Å². The normalized spacial score (nSPS) is 12.5. The maximum absolute atomic E-state index is 14.9. The van der Waals surface area contributed by atoms with Crippen LogP contribution < -0.4 is 25.3 Å². The van der Waals surface area contributed by atoms with E-state index in [9.17, 15) is 9.59 Å². The summed E-state index contributed by atoms with van der Waals surface area (Å²) in [5, 5.41) is 11.9. The minimum absolute atomic E-state index is 0.170. The van der Waals surface area contributed by atoms with Crippen LogP contribution in [0.4, 0.5) is 0 Å². The van der Waals surface area contributed by atoms with Crippen LogP contribution in [0.15, 0.2) is 125 Å². The highest BCUT2D eigenvalue weighted by molar-refractivity contribution is 6.45. The molecule has 0 aliphatic rings. The summed E-state index contributed by atoms with van der Waals surface area (Å²) < 4.78 is 18.1. The third-order valence-electron chi connectivity index (χ3n) is 13.6. The van der Waals surface area contributed by atoms with Crippen molar-refractivity contribution in [2.24, 2.45) is 5.92 Å². The summed E-state index contributed by atoms with van der Waals surface area (Å²) in [6.45, 7) is 4.80. The topological polar surface area (TPSA) is 66.8 Å². The van der Waals surface area contributed by atoms with E-state index in [1.54, 1.807) is 25.9 Å². The summed E-state index contributed by atoms with van der Waals surface area (Å²) in [5.74, 6) is 2.73. The first-order valence-corrected chi connectivity index (χ1v) is 22.0. The molecule has 6 nitrogen and oxygen atoms in total. The molecule has 62 heavy (non-hydrogen) atoms. The van der Waals surface area contributed by atoms with Crippen LogP contribution in [0, 0.1) is 5.92 Å². The standard InChI is InChI=1S/C56H51NO5/c1-6-8-9-33(7-2)32-57-55(58)53-46-26-24-43-37(28-34-10-17-40(60-3)18-11-34)16-23-45-48-39(30-36-14-21-42(62-5)22-15-36)31-38(29-35-12-19-41(61-4)20-13-35)44-25-27-47(54(53)56(57)59)52(50(44)48)51(46)49(43)45/h10-27,31,33H,6-9,28-30,32H2,1-5H3. The van der Waals surface area contributed by atoms with Gasteiger partial charge in [-0.1, -0.05) is 112 Å². The molecule has 0 saturated heterocycles. The van der Waals surface area contributed by atoms with Gasteiger partial charge in [0.05, 0.1) is 32.1 Å². The minimum atomic E-state index is -0.172. The molecule has 0 aliphatic carbocycles. The van der Waals surface area contributed by atoms with Gasteiger partial charge in [-0.2, -0.15) is 0 Å². The predicted octanol–water partition coefficient (Wildman–Crippen LogP) is 12.5. The highest BCUT2D eigenvalue weighted by atomic mass is 16.5. The number of hydrogen-bond acceptors (Lipinski definition) is 5. The molecule has 0 amide bonds. The molecule has 10 aromatic rings. The highest BCUT2D eigenvalue weighted by Crippen LogP contribution is 2.50. The first-order valence-electron chi connectivity index (χ1n) is 22.0. The van der Waals surface area contributed by atoms with Crippen molar-refractivity contribution < 1.29 is 14.2 Å². The van der Waals surface area contributed by atoms with E-state index in [4.69, 9.17) is 14.2 Å². The van der Waals surface area contributed by atoms with Gasteiger partial charge in [-0.05, 0) is 155 Å². The Kier molecular flexibility index (Phi) is 10.2. The zero-order valence-electron chi connectivity index (χ0n) is 36.2. The van der Waals surface area contributed by atoms with E-state index in [0.29, 0.717) is 23.7 Å². The number of fused-ring (bicyclic) bond motifs is 4. The largest absolute Gasteiger partial charge is 0.497 e. The zero-order valence-corrected chi connectivity index (χ0v) is 36.2. The van der Waals surface area contributed by atoms with E-state index < -0.39 is 0 Å². The molecule has 1 heterocycles. The molecule has 0 N–H and O–H groups in total. The number of nitrogens with zero attached hydrogens (tertiary/aromatic N) is 1. The van der Waals surface area contributed by atoms with E-state index in [2.05, 4.69) is 92.7 Å². The fourth-order valence-electron chi connectivity index (χ4n) is 10.4. The van der Waals surface area contributed by atoms with Crippen molar-refractivity contribution in [3.63, 3.8) is 0 Å². The SMILES string of the molecule is CCCCC(CC)Cn1c(=O)c2c3ccc4c(Cc5ccc(OC)cc5)ccc5c6c(Cc7ccc(OC)cc7)cc(Cc7ccc(OC)cc7)c7ccc(c2c1=O)c(c76)c3c45. The predicted molar refractivity (Wildman–Crippen MR) is 256 cm³/mol. The van der Waals surface area contributed by atoms with Crippen molar-refractivity contribution in [2.45, 2.75) is 65.3 Å². The number of unbranched alkanes of at least 4 members (excludes halogenated alkanes) is 1. The minimum Gasteiger partial charge on any atom is -0.497 e. The third-order valence-corrected chi connectivity index (χ3v) is 13.6. The van der Waals surface area contributed by atoms with Crippen LogP contribution in [0.1, 0.15) is 72.9 Å². The first-order chi connectivity index (χ1) is 30.3. The molecule has 10 rings (SSSR count). The molecule has 0 aliphatic heterocycles. The van der Waals surface area contributed by atoms with Gasteiger partial charge < -0.3 is 14.2 Å². The van der Waals surface area contributed by atoms with Crippen LogP contribution in [0.5, 0.6) is 17.2 Å². The van der Waals surface area contributed by atoms with Crippen LogP contribution in [-0.4, -0.2) is 25.9 Å². The molecule has 6 heteroatoms. The Balaban J connectivity index is 1.32. The molecule has 1 aromatic heterocycles. The molecule has 9 aromatic carbocycles. The Labute approximate surface area is 361 Å². The third kappa shape index (κ3) is 6.47. The Morgan fingerprint density at radius 2 is 0.871 bits per heavy atom. The summed E-state index contributed by atoms with van der Waals surface area (Å²) in [6.07, 6.45) is 6.23. The van der Waals surface area contributed by atoms with Gasteiger partial charge in [-0.15, -0.1) is 0 Å². The summed E-state index contributed by atoms with van der Waals surface area (Å²) in [4.78, 5) is 29.7. The zero-order chi connectivity index (χ0) is 42.6. The fourth-order valence-corrected chi connectivity index (χ4v) is 10.4. The summed E-state index contributed by atoms with van der Waals surface area (Å²) in [6, 6.07) is 40.7. The van der Waals surface area contributed by atoms with E-state index in [1.807, 2.05) is 36.4 Å². The maximum atomic E-state index is 14.9. The lowest BCUT2D eigenvalue weighted by Crippen LogP contribution is -2.29. The number of aromatic nitrogens is 1. The summed E-state index contributed by atoms with van der Waals surface area (Å²) in [5.41, 5.74) is 6.85. The molecule has 0 radical (unpaired) electrons. The Hall–Kier alpha value is -6.66. The average molecular weight is 818 g/mol. The average Bonchev–Trinajstić information content (AvgIpc) is 3.56. The second-order valence-corrected chi connectivity index (χ2v) is 17.1. The lowest BCUT2D eigenvalue weighted by Gasteiger charge is -2.23. The number of methoxy groups -OCH3 is 3. The molecular formula is C56H51NO5. The second-order valence-electron chi connectivity index (χ2n) is 17.1. The molecule has 0 fully saturated rings. The second kappa shape index (κ2) is 16.0. The first kappa shape index (κ1) is 39.5. The number of ether oxygens (including phenoxy) is 3. The lowest BCUT2D eigenvalue weighted by molar-refractivity contribution is 0.384. The molecule has 1 atom stereocenters. The molecule has 0 spiro atoms. The van der Waals surface area contributed by atoms with Gasteiger partial charge in [-0.3, -0.25) is 14.2 Å². The van der Waals surface area contributed by atoms with Crippen molar-refractivity contribution in [1.82, 2.24) is 4.57 Å². The van der Waals surface area contributed by atoms with E-state index in [1.165, 1.54) is 38.8 Å². The molecular weight excluding hydrogens is 767 g/mol. The van der Waals surface area contributed by atoms with Crippen LogP contribution in [0.2, 0.25) is 0 Å². The van der Waals surface area contributed by atoms with Gasteiger partial charge in [0.1, 0.15) is 17.2 Å².